The average molecular weight is 260 g/mol. The van der Waals surface area contributed by atoms with Gasteiger partial charge < -0.3 is 5.11 Å². The first-order valence-electron chi connectivity index (χ1n) is 6.45. The molecule has 2 fully saturated rings. The fraction of sp³-hybridized carbons (Fsp3) is 0.571. The first-order valence-corrected chi connectivity index (χ1v) is 7.39. The largest absolute Gasteiger partial charge is 0.385 e. The number of aromatic nitrogens is 1. The monoisotopic (exact) mass is 260 g/mol. The van der Waals surface area contributed by atoms with Crippen LogP contribution in [0.5, 0.6) is 0 Å². The lowest BCUT2D eigenvalue weighted by Crippen LogP contribution is -2.41. The van der Waals surface area contributed by atoms with E-state index in [-0.39, 0.29) is 0 Å². The fourth-order valence-electron chi connectivity index (χ4n) is 3.21. The summed E-state index contributed by atoms with van der Waals surface area (Å²) >= 11 is 2.02. The second kappa shape index (κ2) is 4.56. The summed E-state index contributed by atoms with van der Waals surface area (Å²) in [5, 5.41) is 21.2. The van der Waals surface area contributed by atoms with E-state index in [2.05, 4.69) is 11.1 Å². The Morgan fingerprint density at radius 1 is 1.39 bits per heavy atom. The highest BCUT2D eigenvalue weighted by Gasteiger charge is 2.43. The Bertz CT molecular complexity index is 485. The highest BCUT2D eigenvalue weighted by molar-refractivity contribution is 8.00. The molecule has 2 unspecified atom stereocenters. The van der Waals surface area contributed by atoms with Gasteiger partial charge in [-0.3, -0.25) is 0 Å². The molecular weight excluding hydrogens is 244 g/mol. The van der Waals surface area contributed by atoms with Gasteiger partial charge in [-0.25, -0.2) is 4.98 Å². The third-order valence-electron chi connectivity index (χ3n) is 3.98. The fourth-order valence-corrected chi connectivity index (χ4v) is 5.10. The molecule has 0 spiro atoms. The number of pyridine rings is 1. The second-order valence-electron chi connectivity index (χ2n) is 5.26. The lowest BCUT2D eigenvalue weighted by molar-refractivity contribution is 0.00756. The van der Waals surface area contributed by atoms with E-state index in [0.29, 0.717) is 16.2 Å². The summed E-state index contributed by atoms with van der Waals surface area (Å²) < 4.78 is 0. The summed E-state index contributed by atoms with van der Waals surface area (Å²) in [4.78, 5) is 4.08. The van der Waals surface area contributed by atoms with Gasteiger partial charge in [0.2, 0.25) is 0 Å². The highest BCUT2D eigenvalue weighted by Crippen LogP contribution is 2.49. The van der Waals surface area contributed by atoms with E-state index < -0.39 is 5.60 Å². The van der Waals surface area contributed by atoms with Gasteiger partial charge in [-0.1, -0.05) is 12.5 Å². The van der Waals surface area contributed by atoms with Crippen molar-refractivity contribution in [3.05, 3.63) is 29.6 Å². The maximum atomic E-state index is 11.0. The van der Waals surface area contributed by atoms with Crippen molar-refractivity contribution < 1.29 is 5.11 Å². The summed E-state index contributed by atoms with van der Waals surface area (Å²) in [5.41, 5.74) is 0.259. The van der Waals surface area contributed by atoms with Gasteiger partial charge in [-0.15, -0.1) is 0 Å². The molecule has 1 aromatic heterocycles. The molecule has 94 valence electrons. The molecule has 4 heteroatoms. The standard InChI is InChI=1S/C14H16N2OS/c15-9-13-12(5-2-6-16-13)14(17)7-10-3-1-4-11(8-14)18-10/h2,5-6,10-11,17H,1,3-4,7-8H2. The lowest BCUT2D eigenvalue weighted by Gasteiger charge is -2.44. The summed E-state index contributed by atoms with van der Waals surface area (Å²) in [6, 6.07) is 5.78. The molecule has 0 amide bonds. The van der Waals surface area contributed by atoms with Crippen molar-refractivity contribution >= 4 is 11.8 Å². The molecule has 1 N–H and O–H groups in total. The van der Waals surface area contributed by atoms with Gasteiger partial charge in [0.15, 0.2) is 0 Å². The number of aliphatic hydroxyl groups is 1. The van der Waals surface area contributed by atoms with E-state index in [1.165, 1.54) is 19.3 Å². The molecule has 3 heterocycles. The molecule has 3 nitrogen and oxygen atoms in total. The molecule has 0 aromatic carbocycles. The number of nitriles is 1. The smallest absolute Gasteiger partial charge is 0.146 e. The molecule has 2 atom stereocenters. The Hall–Kier alpha value is -1.05. The molecular formula is C14H16N2OS. The number of rotatable bonds is 1. The Kier molecular flexibility index (Phi) is 3.04. The Balaban J connectivity index is 1.97. The minimum Gasteiger partial charge on any atom is -0.385 e. The Morgan fingerprint density at radius 3 is 2.78 bits per heavy atom. The van der Waals surface area contributed by atoms with Gasteiger partial charge in [0.1, 0.15) is 11.8 Å². The van der Waals surface area contributed by atoms with Crippen LogP contribution in [0.4, 0.5) is 0 Å². The van der Waals surface area contributed by atoms with Crippen LogP contribution in [0, 0.1) is 11.3 Å². The Morgan fingerprint density at radius 2 is 2.11 bits per heavy atom. The molecule has 0 saturated carbocycles. The number of fused-ring (bicyclic) bond motifs is 2. The van der Waals surface area contributed by atoms with Crippen molar-refractivity contribution in [2.75, 3.05) is 0 Å². The van der Waals surface area contributed by atoms with Crippen LogP contribution in [0.25, 0.3) is 0 Å². The number of hydrogen-bond donors (Lipinski definition) is 1. The summed E-state index contributed by atoms with van der Waals surface area (Å²) in [5.74, 6) is 0. The molecule has 0 aliphatic carbocycles. The molecule has 2 aliphatic heterocycles. The molecule has 3 rings (SSSR count). The van der Waals surface area contributed by atoms with Crippen LogP contribution in [-0.2, 0) is 5.60 Å². The lowest BCUT2D eigenvalue weighted by atomic mass is 9.80. The van der Waals surface area contributed by atoms with Crippen molar-refractivity contribution in [3.8, 4) is 6.07 Å². The second-order valence-corrected chi connectivity index (χ2v) is 6.87. The van der Waals surface area contributed by atoms with Crippen LogP contribution >= 0.6 is 11.8 Å². The third kappa shape index (κ3) is 2.02. The van der Waals surface area contributed by atoms with E-state index in [1.54, 1.807) is 6.20 Å². The molecule has 2 bridgehead atoms. The normalized spacial score (nSPS) is 34.9. The van der Waals surface area contributed by atoms with Crippen LogP contribution in [0.15, 0.2) is 18.3 Å². The van der Waals surface area contributed by atoms with E-state index in [0.717, 1.165) is 18.4 Å². The van der Waals surface area contributed by atoms with Crippen LogP contribution < -0.4 is 0 Å². The zero-order valence-corrected chi connectivity index (χ0v) is 11.0. The van der Waals surface area contributed by atoms with Crippen LogP contribution in [0.2, 0.25) is 0 Å². The predicted molar refractivity (Wildman–Crippen MR) is 71.1 cm³/mol. The number of nitrogens with zero attached hydrogens (tertiary/aromatic N) is 2. The van der Waals surface area contributed by atoms with Crippen LogP contribution in [0.1, 0.15) is 43.4 Å². The third-order valence-corrected chi connectivity index (χ3v) is 5.56. The van der Waals surface area contributed by atoms with Gasteiger partial charge in [0, 0.05) is 22.3 Å². The highest BCUT2D eigenvalue weighted by atomic mass is 32.2. The van der Waals surface area contributed by atoms with Gasteiger partial charge in [-0.2, -0.15) is 17.0 Å². The molecule has 2 saturated heterocycles. The summed E-state index contributed by atoms with van der Waals surface area (Å²) in [7, 11) is 0. The maximum absolute atomic E-state index is 11.0. The van der Waals surface area contributed by atoms with Crippen LogP contribution in [-0.4, -0.2) is 20.6 Å². The minimum atomic E-state index is -0.847. The quantitative estimate of drug-likeness (QED) is 0.843. The van der Waals surface area contributed by atoms with Crippen molar-refractivity contribution in [2.45, 2.75) is 48.2 Å². The molecule has 0 radical (unpaired) electrons. The molecule has 2 aliphatic rings. The first kappa shape index (κ1) is 12.0. The molecule has 1 aromatic rings. The van der Waals surface area contributed by atoms with Crippen molar-refractivity contribution in [3.63, 3.8) is 0 Å². The van der Waals surface area contributed by atoms with Gasteiger partial charge in [-0.05, 0) is 31.7 Å². The number of thioether (sulfide) groups is 1. The average Bonchev–Trinajstić information content (AvgIpc) is 2.38. The topological polar surface area (TPSA) is 56.9 Å². The summed E-state index contributed by atoms with van der Waals surface area (Å²) in [6.07, 6.45) is 6.78. The minimum absolute atomic E-state index is 0.380. The van der Waals surface area contributed by atoms with Crippen LogP contribution in [0.3, 0.4) is 0 Å². The van der Waals surface area contributed by atoms with Crippen molar-refractivity contribution in [1.82, 2.24) is 4.98 Å². The van der Waals surface area contributed by atoms with Gasteiger partial charge >= 0.3 is 0 Å². The van der Waals surface area contributed by atoms with Gasteiger partial charge in [0.25, 0.3) is 0 Å². The van der Waals surface area contributed by atoms with E-state index >= 15 is 0 Å². The van der Waals surface area contributed by atoms with E-state index in [9.17, 15) is 5.11 Å². The maximum Gasteiger partial charge on any atom is 0.146 e. The van der Waals surface area contributed by atoms with Crippen molar-refractivity contribution in [2.24, 2.45) is 0 Å². The Labute approximate surface area is 111 Å². The molecule has 18 heavy (non-hydrogen) atoms. The van der Waals surface area contributed by atoms with Crippen molar-refractivity contribution in [1.29, 1.82) is 5.26 Å². The van der Waals surface area contributed by atoms with E-state index in [4.69, 9.17) is 5.26 Å². The zero-order valence-electron chi connectivity index (χ0n) is 10.2. The predicted octanol–water partition coefficient (Wildman–Crippen LogP) is 2.59. The SMILES string of the molecule is N#Cc1ncccc1C1(O)CC2CCCC(C1)S2. The van der Waals surface area contributed by atoms with E-state index in [1.807, 2.05) is 23.9 Å². The van der Waals surface area contributed by atoms with Gasteiger partial charge in [0.05, 0.1) is 5.60 Å². The first-order chi connectivity index (χ1) is 8.71. The number of hydrogen-bond acceptors (Lipinski definition) is 4. The summed E-state index contributed by atoms with van der Waals surface area (Å²) in [6.45, 7) is 0. The zero-order chi connectivity index (χ0) is 12.6.